The van der Waals surface area contributed by atoms with Gasteiger partial charge < -0.3 is 4.90 Å². The van der Waals surface area contributed by atoms with Crippen molar-refractivity contribution in [3.05, 3.63) is 36.0 Å². The molecule has 1 fully saturated rings. The zero-order valence-electron chi connectivity index (χ0n) is 11.8. The van der Waals surface area contributed by atoms with E-state index in [1.807, 2.05) is 6.20 Å². The molecule has 1 aliphatic rings. The van der Waals surface area contributed by atoms with Gasteiger partial charge in [0.05, 0.1) is 0 Å². The summed E-state index contributed by atoms with van der Waals surface area (Å²) in [6.45, 7) is 6.71. The van der Waals surface area contributed by atoms with E-state index in [1.165, 1.54) is 10.8 Å². The quantitative estimate of drug-likeness (QED) is 0.769. The summed E-state index contributed by atoms with van der Waals surface area (Å²) < 4.78 is 0. The number of fused-ring (bicyclic) bond motifs is 1. The first-order valence-corrected chi connectivity index (χ1v) is 8.49. The first-order chi connectivity index (χ1) is 9.69. The second-order valence-corrected chi connectivity index (χ2v) is 7.60. The topological polar surface area (TPSA) is 16.1 Å². The smallest absolute Gasteiger partial charge is 0.136 e. The highest BCUT2D eigenvalue weighted by Gasteiger charge is 2.24. The molecule has 2 aromatic rings. The van der Waals surface area contributed by atoms with Crippen molar-refractivity contribution in [2.75, 3.05) is 18.0 Å². The summed E-state index contributed by atoms with van der Waals surface area (Å²) in [5.41, 5.74) is 1.11. The summed E-state index contributed by atoms with van der Waals surface area (Å²) in [4.78, 5) is 7.13. The van der Waals surface area contributed by atoms with Crippen molar-refractivity contribution in [2.45, 2.75) is 30.2 Å². The Labute approximate surface area is 129 Å². The molecule has 0 radical (unpaired) electrons. The van der Waals surface area contributed by atoms with Gasteiger partial charge in [0.15, 0.2) is 0 Å². The SMILES string of the molecule is CC1CN(c2ncc(CCl)c3ccccc23)CC(C)S1. The fourth-order valence-electron chi connectivity index (χ4n) is 2.95. The van der Waals surface area contributed by atoms with E-state index in [-0.39, 0.29) is 0 Å². The number of thioether (sulfide) groups is 1. The van der Waals surface area contributed by atoms with Gasteiger partial charge in [-0.05, 0) is 10.9 Å². The van der Waals surface area contributed by atoms with E-state index in [0.717, 1.165) is 24.5 Å². The van der Waals surface area contributed by atoms with Crippen LogP contribution in [0.1, 0.15) is 19.4 Å². The summed E-state index contributed by atoms with van der Waals surface area (Å²) in [6, 6.07) is 8.45. The lowest BCUT2D eigenvalue weighted by Gasteiger charge is -2.36. The third kappa shape index (κ3) is 2.61. The van der Waals surface area contributed by atoms with E-state index in [2.05, 4.69) is 54.8 Å². The monoisotopic (exact) mass is 306 g/mol. The Balaban J connectivity index is 2.08. The predicted molar refractivity (Wildman–Crippen MR) is 90.0 cm³/mol. The van der Waals surface area contributed by atoms with Crippen molar-refractivity contribution in [1.82, 2.24) is 4.98 Å². The van der Waals surface area contributed by atoms with E-state index in [4.69, 9.17) is 16.6 Å². The molecular weight excluding hydrogens is 288 g/mol. The van der Waals surface area contributed by atoms with Gasteiger partial charge in [-0.1, -0.05) is 38.1 Å². The second-order valence-electron chi connectivity index (χ2n) is 5.45. The number of alkyl halides is 1. The maximum Gasteiger partial charge on any atom is 0.136 e. The Morgan fingerprint density at radius 3 is 2.50 bits per heavy atom. The largest absolute Gasteiger partial charge is 0.354 e. The minimum atomic E-state index is 0.510. The second kappa shape index (κ2) is 5.82. The molecule has 0 bridgehead atoms. The first-order valence-electron chi connectivity index (χ1n) is 7.02. The van der Waals surface area contributed by atoms with Gasteiger partial charge >= 0.3 is 0 Å². The number of hydrogen-bond donors (Lipinski definition) is 0. The van der Waals surface area contributed by atoms with Crippen LogP contribution < -0.4 is 4.90 Å². The van der Waals surface area contributed by atoms with Crippen molar-refractivity contribution >= 4 is 40.0 Å². The van der Waals surface area contributed by atoms with E-state index in [9.17, 15) is 0 Å². The number of aromatic nitrogens is 1. The minimum Gasteiger partial charge on any atom is -0.354 e. The zero-order chi connectivity index (χ0) is 14.1. The number of hydrogen-bond acceptors (Lipinski definition) is 3. The van der Waals surface area contributed by atoms with Crippen LogP contribution >= 0.6 is 23.4 Å². The number of nitrogens with zero attached hydrogens (tertiary/aromatic N) is 2. The number of pyridine rings is 1. The fraction of sp³-hybridized carbons (Fsp3) is 0.438. The highest BCUT2D eigenvalue weighted by atomic mass is 35.5. The number of halogens is 1. The van der Waals surface area contributed by atoms with Gasteiger partial charge in [-0.3, -0.25) is 0 Å². The Bertz CT molecular complexity index is 606. The highest BCUT2D eigenvalue weighted by molar-refractivity contribution is 8.00. The van der Waals surface area contributed by atoms with Crippen LogP contribution in [0.4, 0.5) is 5.82 Å². The van der Waals surface area contributed by atoms with Crippen LogP contribution in [0.15, 0.2) is 30.5 Å². The van der Waals surface area contributed by atoms with Gasteiger partial charge in [-0.15, -0.1) is 11.6 Å². The number of rotatable bonds is 2. The van der Waals surface area contributed by atoms with Crippen LogP contribution in [0.3, 0.4) is 0 Å². The van der Waals surface area contributed by atoms with Gasteiger partial charge in [0, 0.05) is 41.1 Å². The first kappa shape index (κ1) is 14.0. The molecule has 4 heteroatoms. The van der Waals surface area contributed by atoms with Crippen molar-refractivity contribution in [1.29, 1.82) is 0 Å². The Morgan fingerprint density at radius 1 is 1.20 bits per heavy atom. The molecule has 1 aromatic heterocycles. The van der Waals surface area contributed by atoms with Crippen molar-refractivity contribution < 1.29 is 0 Å². The van der Waals surface area contributed by atoms with E-state index >= 15 is 0 Å². The third-order valence-corrected chi connectivity index (χ3v) is 5.24. The molecule has 1 aliphatic heterocycles. The lowest BCUT2D eigenvalue weighted by atomic mass is 10.1. The molecule has 2 unspecified atom stereocenters. The number of anilines is 1. The van der Waals surface area contributed by atoms with E-state index in [1.54, 1.807) is 0 Å². The van der Waals surface area contributed by atoms with Crippen molar-refractivity contribution in [3.8, 4) is 0 Å². The molecule has 2 nitrogen and oxygen atoms in total. The van der Waals surface area contributed by atoms with E-state index < -0.39 is 0 Å². The van der Waals surface area contributed by atoms with Gasteiger partial charge in [0.1, 0.15) is 5.82 Å². The van der Waals surface area contributed by atoms with Gasteiger partial charge in [-0.25, -0.2) is 4.98 Å². The predicted octanol–water partition coefficient (Wildman–Crippen LogP) is 4.30. The maximum atomic E-state index is 6.03. The van der Waals surface area contributed by atoms with E-state index in [0.29, 0.717) is 16.4 Å². The molecule has 0 aliphatic carbocycles. The molecule has 1 saturated heterocycles. The summed E-state index contributed by atoms with van der Waals surface area (Å²) in [5.74, 6) is 1.62. The van der Waals surface area contributed by atoms with Crippen LogP contribution in [-0.4, -0.2) is 28.6 Å². The van der Waals surface area contributed by atoms with Crippen LogP contribution in [-0.2, 0) is 5.88 Å². The molecule has 3 rings (SSSR count). The molecule has 0 saturated carbocycles. The number of benzene rings is 1. The average Bonchev–Trinajstić information content (AvgIpc) is 2.45. The van der Waals surface area contributed by atoms with Crippen LogP contribution in [0.25, 0.3) is 10.8 Å². The third-order valence-electron chi connectivity index (χ3n) is 3.72. The molecule has 2 heterocycles. The molecule has 106 valence electrons. The Hall–Kier alpha value is -0.930. The average molecular weight is 307 g/mol. The van der Waals surface area contributed by atoms with Crippen molar-refractivity contribution in [3.63, 3.8) is 0 Å². The summed E-state index contributed by atoms with van der Waals surface area (Å²) in [6.07, 6.45) is 1.93. The fourth-order valence-corrected chi connectivity index (χ4v) is 4.48. The lowest BCUT2D eigenvalue weighted by molar-refractivity contribution is 0.721. The molecule has 0 amide bonds. The van der Waals surface area contributed by atoms with Crippen molar-refractivity contribution in [2.24, 2.45) is 0 Å². The standard InChI is InChI=1S/C16H19ClN2S/c1-11-9-19(10-12(2)20-11)16-15-6-4-3-5-14(15)13(7-17)8-18-16/h3-6,8,11-12H,7,9-10H2,1-2H3. The minimum absolute atomic E-state index is 0.510. The Morgan fingerprint density at radius 2 is 1.85 bits per heavy atom. The van der Waals surface area contributed by atoms with Crippen LogP contribution in [0.5, 0.6) is 0 Å². The molecule has 2 atom stereocenters. The van der Waals surface area contributed by atoms with Gasteiger partial charge in [-0.2, -0.15) is 11.8 Å². The Kier molecular flexibility index (Phi) is 4.08. The maximum absolute atomic E-state index is 6.03. The molecule has 1 aromatic carbocycles. The summed E-state index contributed by atoms with van der Waals surface area (Å²) >= 11 is 8.10. The van der Waals surface area contributed by atoms with Gasteiger partial charge in [0.2, 0.25) is 0 Å². The molecule has 0 spiro atoms. The van der Waals surface area contributed by atoms with Crippen LogP contribution in [0, 0.1) is 0 Å². The normalized spacial score (nSPS) is 23.2. The van der Waals surface area contributed by atoms with Gasteiger partial charge in [0.25, 0.3) is 0 Å². The zero-order valence-corrected chi connectivity index (χ0v) is 13.4. The lowest BCUT2D eigenvalue weighted by Crippen LogP contribution is -2.41. The highest BCUT2D eigenvalue weighted by Crippen LogP contribution is 2.32. The molecular formula is C16H19ClN2S. The summed E-state index contributed by atoms with van der Waals surface area (Å²) in [5, 5.41) is 3.74. The van der Waals surface area contributed by atoms with Crippen LogP contribution in [0.2, 0.25) is 0 Å². The summed E-state index contributed by atoms with van der Waals surface area (Å²) in [7, 11) is 0. The molecule has 0 N–H and O–H groups in total. The molecule has 20 heavy (non-hydrogen) atoms.